The maximum atomic E-state index is 12.6. The number of hydrogen-bond acceptors (Lipinski definition) is 7. The maximum Gasteiger partial charge on any atom is 0.333 e. The van der Waals surface area contributed by atoms with Crippen LogP contribution >= 0.6 is 0 Å². The van der Waals surface area contributed by atoms with Gasteiger partial charge in [-0.3, -0.25) is 0 Å². The first-order valence-electron chi connectivity index (χ1n) is 17.4. The van der Waals surface area contributed by atoms with Gasteiger partial charge in [-0.1, -0.05) is 95.2 Å². The molecule has 7 heteroatoms. The molecule has 0 saturated carbocycles. The third-order valence-electron chi connectivity index (χ3n) is 8.21. The zero-order chi connectivity index (χ0) is 35.2. The Balaban J connectivity index is 1.77. The fourth-order valence-corrected chi connectivity index (χ4v) is 5.53. The first-order valence-corrected chi connectivity index (χ1v) is 17.4. The van der Waals surface area contributed by atoms with E-state index in [1.54, 1.807) is 13.8 Å². The van der Waals surface area contributed by atoms with Gasteiger partial charge in [0.2, 0.25) is 0 Å². The molecule has 2 unspecified atom stereocenters. The second kappa shape index (κ2) is 18.7. The van der Waals surface area contributed by atoms with Crippen LogP contribution in [0.5, 0.6) is 23.0 Å². The smallest absolute Gasteiger partial charge is 0.333 e. The number of rotatable bonds is 20. The molecule has 0 heterocycles. The lowest BCUT2D eigenvalue weighted by Gasteiger charge is -2.23. The summed E-state index contributed by atoms with van der Waals surface area (Å²) in [5, 5.41) is 3.28. The molecule has 2 atom stereocenters. The Morgan fingerprint density at radius 2 is 1.06 bits per heavy atom. The summed E-state index contributed by atoms with van der Waals surface area (Å²) in [5.74, 6) is 1.78. The third kappa shape index (κ3) is 10.6. The Kier molecular flexibility index (Phi) is 14.1. The largest absolute Gasteiger partial charge is 0.488 e. The minimum atomic E-state index is -0.448. The molecule has 260 valence electrons. The van der Waals surface area contributed by atoms with Gasteiger partial charge >= 0.3 is 11.9 Å². The molecule has 0 fully saturated rings. The summed E-state index contributed by atoms with van der Waals surface area (Å²) < 4.78 is 31.1. The van der Waals surface area contributed by atoms with E-state index in [1.165, 1.54) is 0 Å². The van der Waals surface area contributed by atoms with Crippen molar-refractivity contribution in [3.63, 3.8) is 0 Å². The van der Waals surface area contributed by atoms with Crippen LogP contribution in [-0.2, 0) is 19.1 Å². The van der Waals surface area contributed by atoms with Crippen molar-refractivity contribution in [2.75, 3.05) is 13.2 Å². The number of esters is 2. The lowest BCUT2D eigenvalue weighted by molar-refractivity contribution is -0.147. The molecule has 0 aliphatic carbocycles. The van der Waals surface area contributed by atoms with Crippen LogP contribution < -0.4 is 14.2 Å². The number of carbonyl (C=O) groups is 2. The molecule has 0 bridgehead atoms. The molecule has 0 spiro atoms. The van der Waals surface area contributed by atoms with Crippen LogP contribution in [0, 0.1) is 0 Å². The molecular formula is C42H50O7. The fourth-order valence-electron chi connectivity index (χ4n) is 5.53. The van der Waals surface area contributed by atoms with E-state index in [0.717, 1.165) is 60.1 Å². The van der Waals surface area contributed by atoms with Gasteiger partial charge in [0.05, 0.1) is 0 Å². The normalized spacial score (nSPS) is 12.2. The first kappa shape index (κ1) is 37.0. The Hall–Kier alpha value is -4.78. The minimum Gasteiger partial charge on any atom is -0.488 e. The van der Waals surface area contributed by atoms with E-state index >= 15 is 0 Å². The lowest BCUT2D eigenvalue weighted by atomic mass is 10.00. The van der Waals surface area contributed by atoms with Crippen LogP contribution in [0.1, 0.15) is 79.1 Å². The molecule has 0 saturated heterocycles. The van der Waals surface area contributed by atoms with E-state index in [4.69, 9.17) is 23.7 Å². The van der Waals surface area contributed by atoms with E-state index < -0.39 is 24.1 Å². The standard InChI is InChI=1S/C42H50O7/c1-7-9-12-20-33(48-41(43)29(3)4)27-45-39-35-22-16-17-23-36(35)40(46-28-34(21-13-10-8-2)49-42(44)30(5)6)38-26-32(24-25-37(38)39)47-31-18-14-11-15-19-31/h11,14-19,22-26,33-34H,3,5,7-10,12-13,20-21,27-28H2,1-2,4,6H3. The number of carbonyl (C=O) groups excluding carboxylic acids is 2. The van der Waals surface area contributed by atoms with E-state index in [0.29, 0.717) is 47.0 Å². The first-order chi connectivity index (χ1) is 23.7. The number of unbranched alkanes of at least 4 members (excludes halogenated alkanes) is 4. The average Bonchev–Trinajstić information content (AvgIpc) is 3.09. The second-order valence-electron chi connectivity index (χ2n) is 12.6. The van der Waals surface area contributed by atoms with Crippen molar-refractivity contribution in [3.05, 3.63) is 97.1 Å². The van der Waals surface area contributed by atoms with E-state index in [2.05, 4.69) is 27.0 Å². The number of ether oxygens (including phenoxy) is 5. The Morgan fingerprint density at radius 1 is 0.592 bits per heavy atom. The fraction of sp³-hybridized carbons (Fsp3) is 0.381. The molecule has 0 N–H and O–H groups in total. The predicted molar refractivity (Wildman–Crippen MR) is 197 cm³/mol. The quantitative estimate of drug-likeness (QED) is 0.0402. The lowest BCUT2D eigenvalue weighted by Crippen LogP contribution is -2.26. The van der Waals surface area contributed by atoms with E-state index in [1.807, 2.05) is 72.8 Å². The second-order valence-corrected chi connectivity index (χ2v) is 12.6. The van der Waals surface area contributed by atoms with Crippen LogP contribution in [0.2, 0.25) is 0 Å². The summed E-state index contributed by atoms with van der Waals surface area (Å²) in [6.45, 7) is 15.4. The Labute approximate surface area is 290 Å². The SMILES string of the molecule is C=C(C)C(=O)OC(CCCCC)COc1c2ccccc2c(OCC(CCCCC)OC(=O)C(=C)C)c2cc(Oc3ccccc3)ccc12. The Morgan fingerprint density at radius 3 is 1.55 bits per heavy atom. The zero-order valence-corrected chi connectivity index (χ0v) is 29.4. The Bertz CT molecular complexity index is 1730. The van der Waals surface area contributed by atoms with Crippen molar-refractivity contribution in [1.82, 2.24) is 0 Å². The molecule has 4 aromatic carbocycles. The van der Waals surface area contributed by atoms with Crippen LogP contribution in [0.25, 0.3) is 21.5 Å². The molecule has 0 aliphatic rings. The van der Waals surface area contributed by atoms with Crippen LogP contribution in [0.15, 0.2) is 97.1 Å². The van der Waals surface area contributed by atoms with Gasteiger partial charge in [0.1, 0.15) is 48.4 Å². The van der Waals surface area contributed by atoms with Gasteiger partial charge in [-0.05, 0) is 69.9 Å². The molecular weight excluding hydrogens is 616 g/mol. The zero-order valence-electron chi connectivity index (χ0n) is 29.4. The van der Waals surface area contributed by atoms with Gasteiger partial charge in [0.25, 0.3) is 0 Å². The number of benzene rings is 4. The van der Waals surface area contributed by atoms with Gasteiger partial charge in [0, 0.05) is 32.7 Å². The molecule has 7 nitrogen and oxygen atoms in total. The van der Waals surface area contributed by atoms with Gasteiger partial charge in [-0.2, -0.15) is 0 Å². The summed E-state index contributed by atoms with van der Waals surface area (Å²) in [6, 6.07) is 23.3. The van der Waals surface area contributed by atoms with Crippen molar-refractivity contribution >= 4 is 33.5 Å². The van der Waals surface area contributed by atoms with Gasteiger partial charge in [-0.15, -0.1) is 0 Å². The van der Waals surface area contributed by atoms with Gasteiger partial charge in [0.15, 0.2) is 0 Å². The predicted octanol–water partition coefficient (Wildman–Crippen LogP) is 10.7. The summed E-state index contributed by atoms with van der Waals surface area (Å²) in [4.78, 5) is 25.1. The van der Waals surface area contributed by atoms with Gasteiger partial charge < -0.3 is 23.7 Å². The van der Waals surface area contributed by atoms with Crippen molar-refractivity contribution in [2.24, 2.45) is 0 Å². The average molecular weight is 667 g/mol. The molecule has 0 amide bonds. The highest BCUT2D eigenvalue weighted by atomic mass is 16.6. The third-order valence-corrected chi connectivity index (χ3v) is 8.21. The van der Waals surface area contributed by atoms with Crippen LogP contribution in [0.4, 0.5) is 0 Å². The van der Waals surface area contributed by atoms with Crippen LogP contribution in [-0.4, -0.2) is 37.4 Å². The van der Waals surface area contributed by atoms with Gasteiger partial charge in [-0.25, -0.2) is 9.59 Å². The number of hydrogen-bond donors (Lipinski definition) is 0. The molecule has 0 radical (unpaired) electrons. The van der Waals surface area contributed by atoms with E-state index in [9.17, 15) is 9.59 Å². The highest BCUT2D eigenvalue weighted by Crippen LogP contribution is 2.44. The summed E-state index contributed by atoms with van der Waals surface area (Å²) >= 11 is 0. The molecule has 4 rings (SSSR count). The molecule has 4 aromatic rings. The number of para-hydroxylation sites is 1. The monoisotopic (exact) mass is 666 g/mol. The molecule has 0 aliphatic heterocycles. The minimum absolute atomic E-state index is 0.169. The van der Waals surface area contributed by atoms with Crippen LogP contribution in [0.3, 0.4) is 0 Å². The van der Waals surface area contributed by atoms with E-state index in [-0.39, 0.29) is 13.2 Å². The molecule has 0 aromatic heterocycles. The summed E-state index contributed by atoms with van der Waals surface area (Å²) in [6.07, 6.45) is 6.46. The van der Waals surface area contributed by atoms with Crippen molar-refractivity contribution in [2.45, 2.75) is 91.3 Å². The maximum absolute atomic E-state index is 12.6. The number of fused-ring (bicyclic) bond motifs is 2. The summed E-state index contributed by atoms with van der Waals surface area (Å²) in [7, 11) is 0. The topological polar surface area (TPSA) is 80.3 Å². The van der Waals surface area contributed by atoms with Crippen molar-refractivity contribution < 1.29 is 33.3 Å². The highest BCUT2D eigenvalue weighted by molar-refractivity contribution is 6.11. The highest BCUT2D eigenvalue weighted by Gasteiger charge is 2.23. The summed E-state index contributed by atoms with van der Waals surface area (Å²) in [5.41, 5.74) is 0.702. The van der Waals surface area contributed by atoms with Crippen molar-refractivity contribution in [3.8, 4) is 23.0 Å². The molecule has 49 heavy (non-hydrogen) atoms. The van der Waals surface area contributed by atoms with Crippen molar-refractivity contribution in [1.29, 1.82) is 0 Å².